The highest BCUT2D eigenvalue weighted by molar-refractivity contribution is 7.98. The lowest BCUT2D eigenvalue weighted by Gasteiger charge is -2.09. The molecule has 0 spiro atoms. The molecule has 13 heteroatoms. The average Bonchev–Trinajstić information content (AvgIpc) is 2.57. The number of amides is 1. The number of benzene rings is 1. The van der Waals surface area contributed by atoms with Crippen molar-refractivity contribution in [2.75, 3.05) is 11.6 Å². The fourth-order valence-electron chi connectivity index (χ4n) is 1.60. The number of halogens is 5. The van der Waals surface area contributed by atoms with Gasteiger partial charge < -0.3 is 4.74 Å². The van der Waals surface area contributed by atoms with E-state index in [0.29, 0.717) is 5.16 Å². The van der Waals surface area contributed by atoms with Crippen LogP contribution in [-0.2, 0) is 4.84 Å². The van der Waals surface area contributed by atoms with Crippen molar-refractivity contribution in [2.45, 2.75) is 11.5 Å². The molecule has 0 aliphatic carbocycles. The standard InChI is InChI=1S/C14H9Cl2F3N4O3S/c1-27-12-22-10(15)9(11(16)23-12)6-20-26-13(24)21-7-2-4-8(5-3-7)25-14(17,18)19/h2-6H,1H3,(H,21,24)/b20-6+. The van der Waals surface area contributed by atoms with E-state index >= 15 is 0 Å². The normalized spacial score (nSPS) is 11.5. The number of hydrogen-bond acceptors (Lipinski definition) is 7. The monoisotopic (exact) mass is 440 g/mol. The van der Waals surface area contributed by atoms with E-state index in [4.69, 9.17) is 23.2 Å². The van der Waals surface area contributed by atoms with E-state index in [9.17, 15) is 18.0 Å². The zero-order valence-corrected chi connectivity index (χ0v) is 15.6. The Bertz CT molecular complexity index is 827. The first-order chi connectivity index (χ1) is 12.7. The predicted molar refractivity (Wildman–Crippen MR) is 94.7 cm³/mol. The molecule has 0 bridgehead atoms. The average molecular weight is 441 g/mol. The van der Waals surface area contributed by atoms with Gasteiger partial charge in [0.05, 0.1) is 11.8 Å². The van der Waals surface area contributed by atoms with Crippen molar-refractivity contribution in [3.05, 3.63) is 40.1 Å². The Morgan fingerprint density at radius 3 is 2.33 bits per heavy atom. The summed E-state index contributed by atoms with van der Waals surface area (Å²) >= 11 is 13.1. The van der Waals surface area contributed by atoms with Crippen LogP contribution in [0.5, 0.6) is 5.75 Å². The molecule has 0 radical (unpaired) electrons. The summed E-state index contributed by atoms with van der Waals surface area (Å²) in [5, 5.41) is 6.07. The minimum atomic E-state index is -4.80. The zero-order chi connectivity index (χ0) is 20.0. The van der Waals surface area contributed by atoms with Crippen LogP contribution >= 0.6 is 35.0 Å². The molecule has 0 atom stereocenters. The number of anilines is 1. The highest BCUT2D eigenvalue weighted by atomic mass is 35.5. The summed E-state index contributed by atoms with van der Waals surface area (Å²) in [6, 6.07) is 4.43. The van der Waals surface area contributed by atoms with Crippen molar-refractivity contribution < 1.29 is 27.5 Å². The van der Waals surface area contributed by atoms with Crippen LogP contribution in [0.3, 0.4) is 0 Å². The van der Waals surface area contributed by atoms with E-state index < -0.39 is 18.2 Å². The lowest BCUT2D eigenvalue weighted by Crippen LogP contribution is -2.17. The van der Waals surface area contributed by atoms with Crippen LogP contribution in [0, 0.1) is 0 Å². The maximum atomic E-state index is 12.1. The maximum Gasteiger partial charge on any atom is 0.573 e. The van der Waals surface area contributed by atoms with Gasteiger partial charge in [0.1, 0.15) is 16.1 Å². The summed E-state index contributed by atoms with van der Waals surface area (Å²) in [5.41, 5.74) is 0.311. The fourth-order valence-corrected chi connectivity index (χ4v) is 2.55. The quantitative estimate of drug-likeness (QED) is 0.176. The molecular formula is C14H9Cl2F3N4O3S. The van der Waals surface area contributed by atoms with Crippen LogP contribution in [0.15, 0.2) is 34.6 Å². The van der Waals surface area contributed by atoms with Gasteiger partial charge in [-0.25, -0.2) is 14.8 Å². The third kappa shape index (κ3) is 6.77. The van der Waals surface area contributed by atoms with Crippen molar-refractivity contribution in [1.29, 1.82) is 0 Å². The molecule has 0 aliphatic rings. The van der Waals surface area contributed by atoms with Crippen LogP contribution < -0.4 is 10.1 Å². The van der Waals surface area contributed by atoms with Crippen LogP contribution in [0.25, 0.3) is 0 Å². The fraction of sp³-hybridized carbons (Fsp3) is 0.143. The first-order valence-electron chi connectivity index (χ1n) is 6.82. The topological polar surface area (TPSA) is 85.7 Å². The molecule has 0 unspecified atom stereocenters. The largest absolute Gasteiger partial charge is 0.573 e. The van der Waals surface area contributed by atoms with E-state index in [0.717, 1.165) is 18.3 Å². The molecule has 1 aromatic carbocycles. The van der Waals surface area contributed by atoms with Crippen LogP contribution in [-0.4, -0.2) is 34.9 Å². The summed E-state index contributed by atoms with van der Waals surface area (Å²) in [6.45, 7) is 0. The number of carbonyl (C=O) groups excluding carboxylic acids is 1. The molecule has 0 saturated carbocycles. The van der Waals surface area contributed by atoms with E-state index in [1.807, 2.05) is 0 Å². The van der Waals surface area contributed by atoms with E-state index in [1.54, 1.807) is 6.26 Å². The second-order valence-electron chi connectivity index (χ2n) is 4.52. The Morgan fingerprint density at radius 2 is 1.81 bits per heavy atom. The number of rotatable bonds is 5. The number of thioether (sulfide) groups is 1. The Labute approximate surface area is 164 Å². The molecule has 2 rings (SSSR count). The van der Waals surface area contributed by atoms with Crippen LogP contribution in [0.2, 0.25) is 10.3 Å². The number of nitrogens with one attached hydrogen (secondary N) is 1. The number of hydrogen-bond donors (Lipinski definition) is 1. The molecule has 1 N–H and O–H groups in total. The number of ether oxygens (including phenoxy) is 1. The van der Waals surface area contributed by atoms with Crippen molar-refractivity contribution in [3.63, 3.8) is 0 Å². The summed E-state index contributed by atoms with van der Waals surface area (Å²) in [5.74, 6) is -0.433. The smallest absolute Gasteiger partial charge is 0.406 e. The first-order valence-corrected chi connectivity index (χ1v) is 8.80. The van der Waals surface area contributed by atoms with Gasteiger partial charge in [0.15, 0.2) is 5.16 Å². The van der Waals surface area contributed by atoms with Gasteiger partial charge in [-0.15, -0.1) is 13.2 Å². The highest BCUT2D eigenvalue weighted by Gasteiger charge is 2.30. The molecule has 27 heavy (non-hydrogen) atoms. The molecular weight excluding hydrogens is 432 g/mol. The van der Waals surface area contributed by atoms with Gasteiger partial charge >= 0.3 is 12.5 Å². The summed E-state index contributed by atoms with van der Waals surface area (Å²) in [4.78, 5) is 24.1. The van der Waals surface area contributed by atoms with Crippen molar-refractivity contribution in [1.82, 2.24) is 9.97 Å². The lowest BCUT2D eigenvalue weighted by atomic mass is 10.3. The number of alkyl halides is 3. The van der Waals surface area contributed by atoms with Gasteiger partial charge in [-0.3, -0.25) is 10.2 Å². The number of oxime groups is 1. The molecule has 7 nitrogen and oxygen atoms in total. The second kappa shape index (κ2) is 9.11. The van der Waals surface area contributed by atoms with E-state index in [2.05, 4.69) is 30.0 Å². The van der Waals surface area contributed by atoms with Gasteiger partial charge in [0.25, 0.3) is 0 Å². The summed E-state index contributed by atoms with van der Waals surface area (Å²) in [6.07, 6.45) is -3.01. The summed E-state index contributed by atoms with van der Waals surface area (Å²) in [7, 11) is 0. The number of carbonyl (C=O) groups is 1. The third-order valence-electron chi connectivity index (χ3n) is 2.67. The molecule has 1 aromatic heterocycles. The Balaban J connectivity index is 1.94. The maximum absolute atomic E-state index is 12.1. The SMILES string of the molecule is CSc1nc(Cl)c(/C=N/OC(=O)Nc2ccc(OC(F)(F)F)cc2)c(Cl)n1. The Hall–Kier alpha value is -2.24. The van der Waals surface area contributed by atoms with E-state index in [1.165, 1.54) is 23.9 Å². The first kappa shape index (κ1) is 21.1. The van der Waals surface area contributed by atoms with E-state index in [-0.39, 0.29) is 21.6 Å². The highest BCUT2D eigenvalue weighted by Crippen LogP contribution is 2.24. The van der Waals surface area contributed by atoms with Crippen LogP contribution in [0.4, 0.5) is 23.7 Å². The van der Waals surface area contributed by atoms with Crippen LogP contribution in [0.1, 0.15) is 5.56 Å². The lowest BCUT2D eigenvalue weighted by molar-refractivity contribution is -0.274. The minimum absolute atomic E-state index is 0.0207. The summed E-state index contributed by atoms with van der Waals surface area (Å²) < 4.78 is 39.9. The third-order valence-corrected chi connectivity index (χ3v) is 3.79. The molecule has 144 valence electrons. The molecule has 2 aromatic rings. The minimum Gasteiger partial charge on any atom is -0.406 e. The molecule has 1 heterocycles. The van der Waals surface area contributed by atoms with Gasteiger partial charge in [-0.05, 0) is 30.5 Å². The predicted octanol–water partition coefficient (Wildman–Crippen LogP) is 4.99. The van der Waals surface area contributed by atoms with Crippen molar-refractivity contribution >= 4 is 53.0 Å². The molecule has 1 amide bonds. The van der Waals surface area contributed by atoms with Crippen molar-refractivity contribution in [2.24, 2.45) is 5.16 Å². The van der Waals surface area contributed by atoms with Gasteiger partial charge in [-0.2, -0.15) is 0 Å². The Morgan fingerprint density at radius 1 is 1.22 bits per heavy atom. The molecule has 0 fully saturated rings. The molecule has 0 saturated heterocycles. The van der Waals surface area contributed by atoms with Gasteiger partial charge in [0, 0.05) is 5.69 Å². The Kier molecular flexibility index (Phi) is 7.11. The number of aromatic nitrogens is 2. The van der Waals surface area contributed by atoms with Gasteiger partial charge in [0.2, 0.25) is 0 Å². The second-order valence-corrected chi connectivity index (χ2v) is 6.01. The van der Waals surface area contributed by atoms with Crippen molar-refractivity contribution in [3.8, 4) is 5.75 Å². The zero-order valence-electron chi connectivity index (χ0n) is 13.3. The molecule has 0 aliphatic heterocycles. The van der Waals surface area contributed by atoms with Gasteiger partial charge in [-0.1, -0.05) is 40.1 Å². The number of nitrogens with zero attached hydrogens (tertiary/aromatic N) is 3.